The van der Waals surface area contributed by atoms with Crippen LogP contribution in [0.15, 0.2) is 12.1 Å². The van der Waals surface area contributed by atoms with Gasteiger partial charge in [-0.15, -0.1) is 0 Å². The molecule has 0 aliphatic heterocycles. The van der Waals surface area contributed by atoms with Crippen molar-refractivity contribution in [1.82, 2.24) is 0 Å². The lowest BCUT2D eigenvalue weighted by Crippen LogP contribution is -2.29. The average molecular weight is 340 g/mol. The minimum Gasteiger partial charge on any atom is -0.480 e. The normalized spacial score (nSPS) is 11.1. The number of hydrogen-bond donors (Lipinski definition) is 3. The van der Waals surface area contributed by atoms with Crippen molar-refractivity contribution < 1.29 is 24.2 Å². The van der Waals surface area contributed by atoms with Crippen molar-refractivity contribution in [1.29, 1.82) is 0 Å². The van der Waals surface area contributed by atoms with E-state index in [-0.39, 0.29) is 25.2 Å². The van der Waals surface area contributed by atoms with E-state index in [9.17, 15) is 9.59 Å². The largest absolute Gasteiger partial charge is 0.480 e. The lowest BCUT2D eigenvalue weighted by atomic mass is 10.0. The molecule has 0 bridgehead atoms. The van der Waals surface area contributed by atoms with E-state index in [0.29, 0.717) is 6.61 Å². The molecule has 1 aromatic rings. The first-order valence-electron chi connectivity index (χ1n) is 7.64. The lowest BCUT2D eigenvalue weighted by Gasteiger charge is -2.18. The third-order valence-electron chi connectivity index (χ3n) is 3.24. The molecule has 1 rings (SSSR count). The Kier molecular flexibility index (Phi) is 10.4. The number of carboxylic acids is 1. The molecule has 0 fully saturated rings. The number of ether oxygens (including phenoxy) is 2. The molecular weight excluding hydrogens is 312 g/mol. The van der Waals surface area contributed by atoms with Crippen LogP contribution >= 0.6 is 0 Å². The van der Waals surface area contributed by atoms with Crippen LogP contribution in [-0.4, -0.2) is 50.0 Å². The maximum atomic E-state index is 11.8. The van der Waals surface area contributed by atoms with E-state index in [2.05, 4.69) is 24.0 Å². The first kappa shape index (κ1) is 21.9. The van der Waals surface area contributed by atoms with Gasteiger partial charge in [-0.1, -0.05) is 6.07 Å². The molecule has 0 saturated carbocycles. The topological polar surface area (TPSA) is 111 Å². The minimum absolute atomic E-state index is 0.268. The van der Waals surface area contributed by atoms with E-state index < -0.39 is 5.97 Å². The molecule has 4 N–H and O–H groups in total. The summed E-state index contributed by atoms with van der Waals surface area (Å²) >= 11 is 0. The summed E-state index contributed by atoms with van der Waals surface area (Å²) in [6.45, 7) is 8.37. The van der Waals surface area contributed by atoms with Crippen molar-refractivity contribution in [3.8, 4) is 0 Å². The predicted molar refractivity (Wildman–Crippen MR) is 93.3 cm³/mol. The van der Waals surface area contributed by atoms with Gasteiger partial charge in [-0.2, -0.15) is 0 Å². The van der Waals surface area contributed by atoms with Crippen LogP contribution in [0.1, 0.15) is 23.6 Å². The number of esters is 1. The van der Waals surface area contributed by atoms with E-state index >= 15 is 0 Å². The summed E-state index contributed by atoms with van der Waals surface area (Å²) in [5, 5.41) is 10.8. The second-order valence-corrected chi connectivity index (χ2v) is 5.38. The number of aryl methyl sites for hydroxylation is 2. The first-order chi connectivity index (χ1) is 11.2. The summed E-state index contributed by atoms with van der Waals surface area (Å²) in [5.74, 6) is -1.24. The summed E-state index contributed by atoms with van der Waals surface area (Å²) in [7, 11) is 1.58. The molecule has 0 aromatic heterocycles. The molecule has 0 aliphatic rings. The maximum absolute atomic E-state index is 11.8. The van der Waals surface area contributed by atoms with Gasteiger partial charge in [-0.3, -0.25) is 4.79 Å². The van der Waals surface area contributed by atoms with Crippen LogP contribution in [-0.2, 0) is 19.1 Å². The molecular formula is C17H28N2O5. The van der Waals surface area contributed by atoms with Crippen molar-refractivity contribution in [3.05, 3.63) is 28.8 Å². The Hall–Kier alpha value is -2.12. The Morgan fingerprint density at radius 1 is 1.25 bits per heavy atom. The molecule has 0 saturated heterocycles. The highest BCUT2D eigenvalue weighted by molar-refractivity contribution is 5.79. The minimum atomic E-state index is -0.968. The molecule has 7 heteroatoms. The van der Waals surface area contributed by atoms with Crippen LogP contribution in [0, 0.1) is 20.8 Å². The molecule has 0 radical (unpaired) electrons. The van der Waals surface area contributed by atoms with Crippen LogP contribution in [0.3, 0.4) is 0 Å². The van der Waals surface area contributed by atoms with Gasteiger partial charge in [0.15, 0.2) is 0 Å². The standard InChI is InChI=1S/C15H23NO3.C2H5NO2/c1-10-8-11(2)12(3)14(9-10)16-13(4)15(17)19-7-6-18-5;3-1-2(4)5/h8-9,13,16H,6-7H2,1-5H3;1,3H2,(H,4,5)/t13-;/m0./s1. The summed E-state index contributed by atoms with van der Waals surface area (Å²) in [6.07, 6.45) is 0. The number of methoxy groups -OCH3 is 1. The molecule has 0 heterocycles. The Labute approximate surface area is 143 Å². The van der Waals surface area contributed by atoms with Crippen LogP contribution in [0.25, 0.3) is 0 Å². The maximum Gasteiger partial charge on any atom is 0.328 e. The number of rotatable bonds is 7. The van der Waals surface area contributed by atoms with Gasteiger partial charge in [-0.05, 0) is 50.5 Å². The highest BCUT2D eigenvalue weighted by Gasteiger charge is 2.15. The zero-order valence-corrected chi connectivity index (χ0v) is 15.0. The van der Waals surface area contributed by atoms with Gasteiger partial charge in [-0.25, -0.2) is 4.79 Å². The number of anilines is 1. The van der Waals surface area contributed by atoms with E-state index in [1.165, 1.54) is 11.1 Å². The fraction of sp³-hybridized carbons (Fsp3) is 0.529. The van der Waals surface area contributed by atoms with Crippen LogP contribution in [0.5, 0.6) is 0 Å². The van der Waals surface area contributed by atoms with Gasteiger partial charge in [0, 0.05) is 12.8 Å². The quantitative estimate of drug-likeness (QED) is 0.511. The Bertz CT molecular complexity index is 546. The fourth-order valence-electron chi connectivity index (χ4n) is 1.83. The molecule has 0 aliphatic carbocycles. The molecule has 24 heavy (non-hydrogen) atoms. The van der Waals surface area contributed by atoms with Crippen molar-refractivity contribution in [2.45, 2.75) is 33.7 Å². The molecule has 0 unspecified atom stereocenters. The number of carbonyl (C=O) groups excluding carboxylic acids is 1. The molecule has 1 atom stereocenters. The lowest BCUT2D eigenvalue weighted by molar-refractivity contribution is -0.145. The zero-order chi connectivity index (χ0) is 18.7. The SMILES string of the molecule is COCCOC(=O)[C@H](C)Nc1cc(C)cc(C)c1C.NCC(=O)O. The van der Waals surface area contributed by atoms with Crippen LogP contribution < -0.4 is 11.1 Å². The Morgan fingerprint density at radius 2 is 1.83 bits per heavy atom. The number of benzene rings is 1. The molecule has 1 aromatic carbocycles. The predicted octanol–water partition coefficient (Wildman–Crippen LogP) is 1.63. The van der Waals surface area contributed by atoms with Crippen molar-refractivity contribution in [2.24, 2.45) is 5.73 Å². The number of nitrogens with one attached hydrogen (secondary N) is 1. The summed E-state index contributed by atoms with van der Waals surface area (Å²) in [4.78, 5) is 21.0. The van der Waals surface area contributed by atoms with E-state index in [1.54, 1.807) is 14.0 Å². The second kappa shape index (κ2) is 11.4. The summed E-state index contributed by atoms with van der Waals surface area (Å²) in [6, 6.07) is 3.79. The fourth-order valence-corrected chi connectivity index (χ4v) is 1.83. The molecule has 136 valence electrons. The van der Waals surface area contributed by atoms with Crippen molar-refractivity contribution >= 4 is 17.6 Å². The van der Waals surface area contributed by atoms with Gasteiger partial charge >= 0.3 is 11.9 Å². The number of carboxylic acid groups (broad SMARTS) is 1. The average Bonchev–Trinajstić information content (AvgIpc) is 2.52. The third kappa shape index (κ3) is 8.50. The highest BCUT2D eigenvalue weighted by atomic mass is 16.6. The van der Waals surface area contributed by atoms with Gasteiger partial charge in [0.1, 0.15) is 12.6 Å². The van der Waals surface area contributed by atoms with Crippen molar-refractivity contribution in [3.63, 3.8) is 0 Å². The number of hydrogen-bond acceptors (Lipinski definition) is 6. The first-order valence-corrected chi connectivity index (χ1v) is 7.64. The van der Waals surface area contributed by atoms with E-state index in [4.69, 9.17) is 14.6 Å². The van der Waals surface area contributed by atoms with Gasteiger partial charge in [0.25, 0.3) is 0 Å². The molecule has 7 nitrogen and oxygen atoms in total. The molecule has 0 spiro atoms. The number of nitrogens with two attached hydrogens (primary N) is 1. The van der Waals surface area contributed by atoms with Gasteiger partial charge < -0.3 is 25.6 Å². The smallest absolute Gasteiger partial charge is 0.328 e. The summed E-state index contributed by atoms with van der Waals surface area (Å²) < 4.78 is 9.93. The van der Waals surface area contributed by atoms with E-state index in [0.717, 1.165) is 11.3 Å². The Balaban J connectivity index is 0.000000922. The van der Waals surface area contributed by atoms with Gasteiger partial charge in [0.05, 0.1) is 13.2 Å². The van der Waals surface area contributed by atoms with Crippen LogP contribution in [0.2, 0.25) is 0 Å². The number of carbonyl (C=O) groups is 2. The Morgan fingerprint density at radius 3 is 2.33 bits per heavy atom. The highest BCUT2D eigenvalue weighted by Crippen LogP contribution is 2.21. The second-order valence-electron chi connectivity index (χ2n) is 5.38. The van der Waals surface area contributed by atoms with E-state index in [1.807, 2.05) is 19.9 Å². The zero-order valence-electron chi connectivity index (χ0n) is 15.0. The summed E-state index contributed by atoms with van der Waals surface area (Å²) in [5.41, 5.74) is 9.09. The third-order valence-corrected chi connectivity index (χ3v) is 3.24. The van der Waals surface area contributed by atoms with Crippen molar-refractivity contribution in [2.75, 3.05) is 32.2 Å². The molecule has 0 amide bonds. The number of aliphatic carboxylic acids is 1. The monoisotopic (exact) mass is 340 g/mol. The van der Waals surface area contributed by atoms with Crippen LogP contribution in [0.4, 0.5) is 5.69 Å². The van der Waals surface area contributed by atoms with Gasteiger partial charge in [0.2, 0.25) is 0 Å².